The Kier molecular flexibility index (Phi) is 3.54. The van der Waals surface area contributed by atoms with E-state index in [0.717, 1.165) is 5.69 Å². The van der Waals surface area contributed by atoms with Crippen LogP contribution < -0.4 is 5.32 Å². The summed E-state index contributed by atoms with van der Waals surface area (Å²) < 4.78 is 13.4. The van der Waals surface area contributed by atoms with Gasteiger partial charge in [-0.25, -0.2) is 4.39 Å². The molecular formula is C11H10Cl2FN3. The fourth-order valence-electron chi connectivity index (χ4n) is 1.53. The Labute approximate surface area is 108 Å². The van der Waals surface area contributed by atoms with Gasteiger partial charge in [0.25, 0.3) is 0 Å². The van der Waals surface area contributed by atoms with Crippen LogP contribution in [0.25, 0.3) is 0 Å². The number of anilines is 1. The molecule has 0 amide bonds. The van der Waals surface area contributed by atoms with Crippen molar-refractivity contribution in [1.82, 2.24) is 10.2 Å². The monoisotopic (exact) mass is 273 g/mol. The van der Waals surface area contributed by atoms with E-state index < -0.39 is 5.82 Å². The Morgan fingerprint density at radius 1 is 1.35 bits per heavy atom. The van der Waals surface area contributed by atoms with Crippen LogP contribution in [0.3, 0.4) is 0 Å². The molecule has 1 unspecified atom stereocenters. The molecule has 1 atom stereocenters. The van der Waals surface area contributed by atoms with Crippen molar-refractivity contribution in [3.8, 4) is 0 Å². The number of halogens is 3. The van der Waals surface area contributed by atoms with Gasteiger partial charge in [-0.3, -0.25) is 5.10 Å². The van der Waals surface area contributed by atoms with Gasteiger partial charge in [-0.15, -0.1) is 0 Å². The minimum Gasteiger partial charge on any atom is -0.376 e. The first-order valence-corrected chi connectivity index (χ1v) is 5.73. The molecule has 17 heavy (non-hydrogen) atoms. The van der Waals surface area contributed by atoms with Gasteiger partial charge in [0.2, 0.25) is 0 Å². The Bertz CT molecular complexity index is 514. The highest BCUT2D eigenvalue weighted by Crippen LogP contribution is 2.30. The average molecular weight is 274 g/mol. The molecule has 6 heteroatoms. The molecule has 0 bridgehead atoms. The van der Waals surface area contributed by atoms with Gasteiger partial charge in [0.1, 0.15) is 5.82 Å². The van der Waals surface area contributed by atoms with Crippen molar-refractivity contribution in [3.63, 3.8) is 0 Å². The molecule has 0 spiro atoms. The summed E-state index contributed by atoms with van der Waals surface area (Å²) in [6.45, 7) is 1.88. The molecule has 0 saturated carbocycles. The van der Waals surface area contributed by atoms with Crippen LogP contribution in [-0.4, -0.2) is 10.2 Å². The standard InChI is InChI=1S/C11H10Cl2FN3/c1-6(17-7-4-15-16-5-7)8-2-11(14)10(13)3-9(8)12/h2-6,17H,1H3,(H,15,16). The lowest BCUT2D eigenvalue weighted by Crippen LogP contribution is -2.07. The van der Waals surface area contributed by atoms with E-state index >= 15 is 0 Å². The van der Waals surface area contributed by atoms with Gasteiger partial charge in [0, 0.05) is 11.2 Å². The molecular weight excluding hydrogens is 264 g/mol. The highest BCUT2D eigenvalue weighted by Gasteiger charge is 2.13. The van der Waals surface area contributed by atoms with Crippen LogP contribution in [0.15, 0.2) is 24.5 Å². The largest absolute Gasteiger partial charge is 0.376 e. The van der Waals surface area contributed by atoms with Gasteiger partial charge >= 0.3 is 0 Å². The van der Waals surface area contributed by atoms with Crippen LogP contribution >= 0.6 is 23.2 Å². The third-order valence-electron chi connectivity index (χ3n) is 2.39. The van der Waals surface area contributed by atoms with E-state index in [1.165, 1.54) is 12.1 Å². The van der Waals surface area contributed by atoms with Gasteiger partial charge in [-0.2, -0.15) is 5.10 Å². The minimum absolute atomic E-state index is 0.0225. The fraction of sp³-hybridized carbons (Fsp3) is 0.182. The molecule has 0 saturated heterocycles. The van der Waals surface area contributed by atoms with Crippen LogP contribution in [0.2, 0.25) is 10.0 Å². The van der Waals surface area contributed by atoms with Gasteiger partial charge in [-0.1, -0.05) is 23.2 Å². The molecule has 1 aromatic heterocycles. The minimum atomic E-state index is -0.480. The van der Waals surface area contributed by atoms with Gasteiger partial charge in [0.15, 0.2) is 0 Å². The van der Waals surface area contributed by atoms with Crippen molar-refractivity contribution in [2.75, 3.05) is 5.32 Å². The van der Waals surface area contributed by atoms with Gasteiger partial charge in [-0.05, 0) is 24.6 Å². The summed E-state index contributed by atoms with van der Waals surface area (Å²) in [6, 6.07) is 2.59. The number of benzene rings is 1. The molecule has 0 aliphatic heterocycles. The number of aromatic amines is 1. The second-order valence-corrected chi connectivity index (χ2v) is 4.46. The lowest BCUT2D eigenvalue weighted by molar-refractivity contribution is 0.624. The summed E-state index contributed by atoms with van der Waals surface area (Å²) in [5.74, 6) is -0.480. The number of hydrogen-bond acceptors (Lipinski definition) is 2. The van der Waals surface area contributed by atoms with E-state index in [-0.39, 0.29) is 11.1 Å². The van der Waals surface area contributed by atoms with Crippen molar-refractivity contribution in [3.05, 3.63) is 46.0 Å². The number of nitrogens with one attached hydrogen (secondary N) is 2. The van der Waals surface area contributed by atoms with E-state index in [1.54, 1.807) is 12.4 Å². The highest BCUT2D eigenvalue weighted by atomic mass is 35.5. The predicted molar refractivity (Wildman–Crippen MR) is 67.0 cm³/mol. The SMILES string of the molecule is CC(Nc1cn[nH]c1)c1cc(F)c(Cl)cc1Cl. The van der Waals surface area contributed by atoms with Crippen molar-refractivity contribution < 1.29 is 4.39 Å². The summed E-state index contributed by atoms with van der Waals surface area (Å²) >= 11 is 11.7. The van der Waals surface area contributed by atoms with E-state index in [2.05, 4.69) is 15.5 Å². The lowest BCUT2D eigenvalue weighted by atomic mass is 10.1. The van der Waals surface area contributed by atoms with Crippen LogP contribution in [0.5, 0.6) is 0 Å². The molecule has 0 aliphatic rings. The van der Waals surface area contributed by atoms with E-state index in [0.29, 0.717) is 10.6 Å². The zero-order valence-corrected chi connectivity index (χ0v) is 10.5. The molecule has 0 radical (unpaired) electrons. The first-order chi connectivity index (χ1) is 8.08. The molecule has 3 nitrogen and oxygen atoms in total. The number of hydrogen-bond donors (Lipinski definition) is 2. The van der Waals surface area contributed by atoms with Crippen LogP contribution in [0, 0.1) is 5.82 Å². The summed E-state index contributed by atoms with van der Waals surface area (Å²) in [4.78, 5) is 0. The number of aromatic nitrogens is 2. The second-order valence-electron chi connectivity index (χ2n) is 3.64. The Morgan fingerprint density at radius 3 is 2.76 bits per heavy atom. The quantitative estimate of drug-likeness (QED) is 0.829. The van der Waals surface area contributed by atoms with Crippen molar-refractivity contribution in [1.29, 1.82) is 0 Å². The van der Waals surface area contributed by atoms with Crippen molar-refractivity contribution in [2.45, 2.75) is 13.0 Å². The molecule has 2 rings (SSSR count). The summed E-state index contributed by atoms with van der Waals surface area (Å²) in [5.41, 5.74) is 1.46. The van der Waals surface area contributed by atoms with E-state index in [9.17, 15) is 4.39 Å². The fourth-order valence-corrected chi connectivity index (χ4v) is 2.07. The summed E-state index contributed by atoms with van der Waals surface area (Å²) in [5, 5.41) is 10.1. The second kappa shape index (κ2) is 4.94. The van der Waals surface area contributed by atoms with Crippen LogP contribution in [-0.2, 0) is 0 Å². The Morgan fingerprint density at radius 2 is 2.12 bits per heavy atom. The molecule has 90 valence electrons. The Hall–Kier alpha value is -1.26. The van der Waals surface area contributed by atoms with Gasteiger partial charge in [0.05, 0.1) is 22.9 Å². The van der Waals surface area contributed by atoms with Gasteiger partial charge < -0.3 is 5.32 Å². The van der Waals surface area contributed by atoms with Crippen LogP contribution in [0.1, 0.15) is 18.5 Å². The van der Waals surface area contributed by atoms with Crippen molar-refractivity contribution in [2.24, 2.45) is 0 Å². The molecule has 1 aromatic carbocycles. The van der Waals surface area contributed by atoms with E-state index in [1.807, 2.05) is 6.92 Å². The zero-order chi connectivity index (χ0) is 12.4. The maximum absolute atomic E-state index is 13.4. The predicted octanol–water partition coefficient (Wildman–Crippen LogP) is 4.03. The Balaban J connectivity index is 2.24. The molecule has 1 heterocycles. The third-order valence-corrected chi connectivity index (χ3v) is 3.00. The number of nitrogens with zero attached hydrogens (tertiary/aromatic N) is 1. The third kappa shape index (κ3) is 2.70. The molecule has 0 aliphatic carbocycles. The normalized spacial score (nSPS) is 12.5. The average Bonchev–Trinajstić information content (AvgIpc) is 2.76. The number of rotatable bonds is 3. The first kappa shape index (κ1) is 12.2. The molecule has 0 fully saturated rings. The lowest BCUT2D eigenvalue weighted by Gasteiger charge is -2.16. The zero-order valence-electron chi connectivity index (χ0n) is 8.97. The van der Waals surface area contributed by atoms with Crippen LogP contribution in [0.4, 0.5) is 10.1 Å². The maximum Gasteiger partial charge on any atom is 0.142 e. The summed E-state index contributed by atoms with van der Waals surface area (Å²) in [7, 11) is 0. The van der Waals surface area contributed by atoms with Crippen molar-refractivity contribution >= 4 is 28.9 Å². The maximum atomic E-state index is 13.4. The number of H-pyrrole nitrogens is 1. The topological polar surface area (TPSA) is 40.7 Å². The molecule has 2 aromatic rings. The van der Waals surface area contributed by atoms with E-state index in [4.69, 9.17) is 23.2 Å². The smallest absolute Gasteiger partial charge is 0.142 e. The summed E-state index contributed by atoms with van der Waals surface area (Å²) in [6.07, 6.45) is 3.34. The highest BCUT2D eigenvalue weighted by molar-refractivity contribution is 6.35. The molecule has 2 N–H and O–H groups in total. The first-order valence-electron chi connectivity index (χ1n) is 4.97.